The zero-order valence-electron chi connectivity index (χ0n) is 14.1. The first-order valence-corrected chi connectivity index (χ1v) is 8.92. The molecule has 1 fully saturated rings. The summed E-state index contributed by atoms with van der Waals surface area (Å²) in [5.41, 5.74) is 1.49. The molecule has 0 amide bonds. The third-order valence-corrected chi connectivity index (χ3v) is 4.91. The summed E-state index contributed by atoms with van der Waals surface area (Å²) in [6.07, 6.45) is 0.694. The lowest BCUT2D eigenvalue weighted by Crippen LogP contribution is -2.44. The van der Waals surface area contributed by atoms with Gasteiger partial charge in [0.1, 0.15) is 0 Å². The fourth-order valence-electron chi connectivity index (χ4n) is 2.97. The van der Waals surface area contributed by atoms with Gasteiger partial charge in [-0.15, -0.1) is 11.3 Å². The van der Waals surface area contributed by atoms with Gasteiger partial charge >= 0.3 is 0 Å². The van der Waals surface area contributed by atoms with Crippen LogP contribution in [0.5, 0.6) is 0 Å². The van der Waals surface area contributed by atoms with Crippen LogP contribution in [0.1, 0.15) is 43.0 Å². The van der Waals surface area contributed by atoms with Crippen LogP contribution in [-0.2, 0) is 17.8 Å². The molecule has 0 saturated carbocycles. The first kappa shape index (κ1) is 16.9. The van der Waals surface area contributed by atoms with Crippen molar-refractivity contribution in [2.75, 3.05) is 19.6 Å². The molecule has 21 heavy (non-hydrogen) atoms. The number of ether oxygens (including phenoxy) is 1. The molecule has 1 aliphatic heterocycles. The molecule has 4 heteroatoms. The summed E-state index contributed by atoms with van der Waals surface area (Å²) in [4.78, 5) is 5.44. The van der Waals surface area contributed by atoms with Gasteiger partial charge in [-0.1, -0.05) is 13.8 Å². The average molecular weight is 311 g/mol. The molecule has 0 radical (unpaired) electrons. The Labute approximate surface area is 133 Å². The monoisotopic (exact) mass is 310 g/mol. The number of rotatable bonds is 6. The molecular weight excluding hydrogens is 280 g/mol. The lowest BCUT2D eigenvalue weighted by Gasteiger charge is -2.35. The molecule has 0 aromatic carbocycles. The maximum absolute atomic E-state index is 5.82. The van der Waals surface area contributed by atoms with E-state index in [0.717, 1.165) is 32.7 Å². The lowest BCUT2D eigenvalue weighted by molar-refractivity contribution is -0.0705. The minimum atomic E-state index is 0.347. The molecule has 2 atom stereocenters. The van der Waals surface area contributed by atoms with Crippen LogP contribution in [0.4, 0.5) is 0 Å². The summed E-state index contributed by atoms with van der Waals surface area (Å²) in [6.45, 7) is 16.3. The van der Waals surface area contributed by atoms with Crippen molar-refractivity contribution in [1.82, 2.24) is 10.2 Å². The number of hydrogen-bond donors (Lipinski definition) is 1. The molecule has 1 aliphatic rings. The van der Waals surface area contributed by atoms with E-state index < -0.39 is 0 Å². The Kier molecular flexibility index (Phi) is 6.23. The number of morpholine rings is 1. The number of aryl methyl sites for hydroxylation is 1. The highest BCUT2D eigenvalue weighted by molar-refractivity contribution is 7.12. The quantitative estimate of drug-likeness (QED) is 0.871. The van der Waals surface area contributed by atoms with Crippen LogP contribution in [0.15, 0.2) is 6.07 Å². The second kappa shape index (κ2) is 7.73. The third-order valence-electron chi connectivity index (χ3n) is 3.81. The van der Waals surface area contributed by atoms with E-state index in [2.05, 4.69) is 50.9 Å². The minimum Gasteiger partial charge on any atom is -0.373 e. The molecule has 3 nitrogen and oxygen atoms in total. The van der Waals surface area contributed by atoms with E-state index in [0.29, 0.717) is 18.1 Å². The smallest absolute Gasteiger partial charge is 0.0678 e. The maximum atomic E-state index is 5.82. The Morgan fingerprint density at radius 3 is 2.62 bits per heavy atom. The van der Waals surface area contributed by atoms with Gasteiger partial charge < -0.3 is 10.1 Å². The Bertz CT molecular complexity index is 434. The van der Waals surface area contributed by atoms with Gasteiger partial charge in [-0.05, 0) is 44.9 Å². The lowest BCUT2D eigenvalue weighted by atomic mass is 10.2. The van der Waals surface area contributed by atoms with Crippen LogP contribution in [0.25, 0.3) is 0 Å². The fourth-order valence-corrected chi connectivity index (χ4v) is 3.99. The molecule has 0 bridgehead atoms. The molecule has 2 heterocycles. The van der Waals surface area contributed by atoms with Crippen molar-refractivity contribution in [2.45, 2.75) is 59.9 Å². The summed E-state index contributed by atoms with van der Waals surface area (Å²) in [7, 11) is 0. The molecule has 1 saturated heterocycles. The van der Waals surface area contributed by atoms with E-state index in [1.54, 1.807) is 0 Å². The van der Waals surface area contributed by atoms with Gasteiger partial charge in [0.2, 0.25) is 0 Å². The molecule has 120 valence electrons. The normalized spacial score (nSPS) is 23.9. The Balaban J connectivity index is 1.89. The van der Waals surface area contributed by atoms with Crippen molar-refractivity contribution in [3.8, 4) is 0 Å². The predicted octanol–water partition coefficient (Wildman–Crippen LogP) is 3.41. The van der Waals surface area contributed by atoms with Crippen LogP contribution in [0.2, 0.25) is 0 Å². The van der Waals surface area contributed by atoms with E-state index in [1.165, 1.54) is 15.3 Å². The largest absolute Gasteiger partial charge is 0.373 e. The van der Waals surface area contributed by atoms with Crippen LogP contribution in [0, 0.1) is 12.8 Å². The van der Waals surface area contributed by atoms with E-state index in [1.807, 2.05) is 11.3 Å². The molecular formula is C17H30N2OS. The number of nitrogens with zero attached hydrogens (tertiary/aromatic N) is 1. The SMILES string of the molecule is Cc1sc(CNCC(C)C)cc1CN1C[C@@H](C)O[C@@H](C)C1. The van der Waals surface area contributed by atoms with E-state index >= 15 is 0 Å². The molecule has 0 aliphatic carbocycles. The van der Waals surface area contributed by atoms with Crippen molar-refractivity contribution in [3.05, 3.63) is 21.4 Å². The Morgan fingerprint density at radius 1 is 1.33 bits per heavy atom. The fraction of sp³-hybridized carbons (Fsp3) is 0.765. The first-order chi connectivity index (χ1) is 9.94. The zero-order valence-corrected chi connectivity index (χ0v) is 14.9. The van der Waals surface area contributed by atoms with Gasteiger partial charge in [-0.3, -0.25) is 4.90 Å². The summed E-state index contributed by atoms with van der Waals surface area (Å²) >= 11 is 1.94. The van der Waals surface area contributed by atoms with Gasteiger partial charge in [-0.25, -0.2) is 0 Å². The van der Waals surface area contributed by atoms with Gasteiger partial charge in [0.05, 0.1) is 12.2 Å². The molecule has 1 aromatic heterocycles. The van der Waals surface area contributed by atoms with E-state index in [4.69, 9.17) is 4.74 Å². The summed E-state index contributed by atoms with van der Waals surface area (Å²) in [5, 5.41) is 3.54. The Morgan fingerprint density at radius 2 is 2.00 bits per heavy atom. The second-order valence-electron chi connectivity index (χ2n) is 6.77. The second-order valence-corrected chi connectivity index (χ2v) is 8.11. The van der Waals surface area contributed by atoms with Crippen molar-refractivity contribution in [1.29, 1.82) is 0 Å². The average Bonchev–Trinajstić information content (AvgIpc) is 2.68. The van der Waals surface area contributed by atoms with Crippen molar-refractivity contribution in [2.24, 2.45) is 5.92 Å². The van der Waals surface area contributed by atoms with Crippen molar-refractivity contribution in [3.63, 3.8) is 0 Å². The predicted molar refractivity (Wildman–Crippen MR) is 90.9 cm³/mol. The van der Waals surface area contributed by atoms with Crippen molar-refractivity contribution >= 4 is 11.3 Å². The Hall–Kier alpha value is -0.420. The highest BCUT2D eigenvalue weighted by atomic mass is 32.1. The molecule has 0 spiro atoms. The highest BCUT2D eigenvalue weighted by Gasteiger charge is 2.22. The molecule has 2 rings (SSSR count). The molecule has 0 unspecified atom stereocenters. The van der Waals surface area contributed by atoms with E-state index in [9.17, 15) is 0 Å². The van der Waals surface area contributed by atoms with Gasteiger partial charge in [0.15, 0.2) is 0 Å². The minimum absolute atomic E-state index is 0.347. The first-order valence-electron chi connectivity index (χ1n) is 8.10. The number of hydrogen-bond acceptors (Lipinski definition) is 4. The van der Waals surface area contributed by atoms with Crippen LogP contribution in [-0.4, -0.2) is 36.7 Å². The highest BCUT2D eigenvalue weighted by Crippen LogP contribution is 2.24. The maximum Gasteiger partial charge on any atom is 0.0678 e. The zero-order chi connectivity index (χ0) is 15.4. The van der Waals surface area contributed by atoms with E-state index in [-0.39, 0.29) is 0 Å². The van der Waals surface area contributed by atoms with Crippen LogP contribution in [0.3, 0.4) is 0 Å². The number of thiophene rings is 1. The van der Waals surface area contributed by atoms with Crippen molar-refractivity contribution < 1.29 is 4.74 Å². The van der Waals surface area contributed by atoms with Gasteiger partial charge in [0.25, 0.3) is 0 Å². The summed E-state index contributed by atoms with van der Waals surface area (Å²) < 4.78 is 5.82. The standard InChI is InChI=1S/C17H30N2OS/c1-12(2)7-18-8-17-6-16(15(5)21-17)11-19-9-13(3)20-14(4)10-19/h6,12-14,18H,7-11H2,1-5H3/t13-,14+. The van der Waals surface area contributed by atoms with Crippen LogP contribution >= 0.6 is 11.3 Å². The van der Waals surface area contributed by atoms with Crippen LogP contribution < -0.4 is 5.32 Å². The molecule has 1 N–H and O–H groups in total. The van der Waals surface area contributed by atoms with Gasteiger partial charge in [-0.2, -0.15) is 0 Å². The summed E-state index contributed by atoms with van der Waals surface area (Å²) in [6, 6.07) is 2.39. The topological polar surface area (TPSA) is 24.5 Å². The summed E-state index contributed by atoms with van der Waals surface area (Å²) in [5.74, 6) is 0.710. The molecule has 1 aromatic rings. The number of nitrogens with one attached hydrogen (secondary N) is 1. The third kappa shape index (κ3) is 5.37. The van der Waals surface area contributed by atoms with Gasteiger partial charge in [0, 0.05) is 35.9 Å².